The number of halogens is 1. The van der Waals surface area contributed by atoms with E-state index in [1.165, 1.54) is 4.90 Å². The minimum absolute atomic E-state index is 0.103. The Morgan fingerprint density at radius 3 is 2.41 bits per heavy atom. The molecule has 8 heteroatoms. The number of amides is 2. The molecule has 1 aromatic carbocycles. The number of hydrogen-bond donors (Lipinski definition) is 2. The summed E-state index contributed by atoms with van der Waals surface area (Å²) in [7, 11) is 3.43. The molecule has 2 N–H and O–H groups in total. The Morgan fingerprint density at radius 1 is 1.19 bits per heavy atom. The first-order valence-corrected chi connectivity index (χ1v) is 11.9. The van der Waals surface area contributed by atoms with Crippen molar-refractivity contribution in [1.29, 1.82) is 0 Å². The van der Waals surface area contributed by atoms with Crippen LogP contribution >= 0.6 is 11.6 Å². The molecule has 2 fully saturated rings. The zero-order valence-corrected chi connectivity index (χ0v) is 20.7. The van der Waals surface area contributed by atoms with E-state index in [-0.39, 0.29) is 17.7 Å². The van der Waals surface area contributed by atoms with Crippen LogP contribution in [0.15, 0.2) is 18.2 Å². The van der Waals surface area contributed by atoms with E-state index in [9.17, 15) is 14.7 Å². The number of anilines is 1. The molecule has 3 rings (SSSR count). The number of rotatable bonds is 6. The minimum atomic E-state index is -1.30. The molecule has 178 valence electrons. The summed E-state index contributed by atoms with van der Waals surface area (Å²) in [6.07, 6.45) is 2.90. The number of carbonyl (C=O) groups is 2. The molecule has 0 radical (unpaired) electrons. The van der Waals surface area contributed by atoms with E-state index in [0.29, 0.717) is 35.8 Å². The molecule has 2 aliphatic rings. The second kappa shape index (κ2) is 9.98. The van der Waals surface area contributed by atoms with Gasteiger partial charge in [-0.2, -0.15) is 0 Å². The average molecular weight is 465 g/mol. The van der Waals surface area contributed by atoms with Crippen molar-refractivity contribution >= 4 is 29.1 Å². The number of benzene rings is 1. The van der Waals surface area contributed by atoms with Gasteiger partial charge >= 0.3 is 0 Å². The quantitative estimate of drug-likeness (QED) is 0.677. The Kier molecular flexibility index (Phi) is 7.73. The summed E-state index contributed by atoms with van der Waals surface area (Å²) < 4.78 is 0. The highest BCUT2D eigenvalue weighted by Gasteiger charge is 2.39. The fourth-order valence-electron chi connectivity index (χ4n) is 4.49. The SMILES string of the molecule is CC(C)[C@@](C)(O)C(=O)N1CCC(N2CCC(Nc3ccc(C(=O)N(C)C)c(Cl)c3)C2)CC1. The molecule has 0 aromatic heterocycles. The third kappa shape index (κ3) is 5.38. The second-order valence-electron chi connectivity index (χ2n) is 9.84. The Labute approximate surface area is 196 Å². The lowest BCUT2D eigenvalue weighted by Crippen LogP contribution is -2.54. The maximum atomic E-state index is 12.7. The molecule has 7 nitrogen and oxygen atoms in total. The van der Waals surface area contributed by atoms with Gasteiger partial charge in [-0.15, -0.1) is 0 Å². The smallest absolute Gasteiger partial charge is 0.254 e. The van der Waals surface area contributed by atoms with Gasteiger partial charge in [0.1, 0.15) is 5.60 Å². The van der Waals surface area contributed by atoms with Crippen LogP contribution in [0.3, 0.4) is 0 Å². The lowest BCUT2D eigenvalue weighted by Gasteiger charge is -2.40. The van der Waals surface area contributed by atoms with E-state index in [4.69, 9.17) is 11.6 Å². The molecule has 2 saturated heterocycles. The first-order chi connectivity index (χ1) is 15.0. The zero-order chi connectivity index (χ0) is 23.6. The molecule has 2 amide bonds. The molecular formula is C24H37ClN4O3. The highest BCUT2D eigenvalue weighted by molar-refractivity contribution is 6.34. The van der Waals surface area contributed by atoms with Gasteiger partial charge in [0.15, 0.2) is 0 Å². The van der Waals surface area contributed by atoms with Gasteiger partial charge in [0.25, 0.3) is 11.8 Å². The van der Waals surface area contributed by atoms with Crippen molar-refractivity contribution in [2.24, 2.45) is 5.92 Å². The van der Waals surface area contributed by atoms with E-state index < -0.39 is 5.60 Å². The maximum absolute atomic E-state index is 12.7. The van der Waals surface area contributed by atoms with Gasteiger partial charge in [-0.25, -0.2) is 0 Å². The van der Waals surface area contributed by atoms with Crippen molar-refractivity contribution in [3.63, 3.8) is 0 Å². The predicted molar refractivity (Wildman–Crippen MR) is 128 cm³/mol. The summed E-state index contributed by atoms with van der Waals surface area (Å²) in [5.74, 6) is -0.366. The van der Waals surface area contributed by atoms with E-state index in [2.05, 4.69) is 10.2 Å². The number of hydrogen-bond acceptors (Lipinski definition) is 5. The molecule has 32 heavy (non-hydrogen) atoms. The van der Waals surface area contributed by atoms with Crippen molar-refractivity contribution in [3.8, 4) is 0 Å². The van der Waals surface area contributed by atoms with Gasteiger partial charge in [-0.05, 0) is 50.3 Å². The number of nitrogens with zero attached hydrogens (tertiary/aromatic N) is 3. The fraction of sp³-hybridized carbons (Fsp3) is 0.667. The third-order valence-electron chi connectivity index (χ3n) is 7.02. The number of aliphatic hydroxyl groups is 1. The van der Waals surface area contributed by atoms with Crippen LogP contribution in [0.1, 0.15) is 50.4 Å². The van der Waals surface area contributed by atoms with Crippen LogP contribution in [0.2, 0.25) is 5.02 Å². The van der Waals surface area contributed by atoms with Crippen molar-refractivity contribution in [1.82, 2.24) is 14.7 Å². The van der Waals surface area contributed by atoms with E-state index in [0.717, 1.165) is 38.0 Å². The van der Waals surface area contributed by atoms with Crippen LogP contribution in [0.25, 0.3) is 0 Å². The van der Waals surface area contributed by atoms with Gasteiger partial charge in [0.05, 0.1) is 10.6 Å². The number of carbonyl (C=O) groups excluding carboxylic acids is 2. The Morgan fingerprint density at radius 2 is 1.84 bits per heavy atom. The third-order valence-corrected chi connectivity index (χ3v) is 7.33. The van der Waals surface area contributed by atoms with Crippen LogP contribution < -0.4 is 5.32 Å². The average Bonchev–Trinajstić information content (AvgIpc) is 3.21. The van der Waals surface area contributed by atoms with Gasteiger partial charge < -0.3 is 20.2 Å². The van der Waals surface area contributed by atoms with Gasteiger partial charge in [-0.3, -0.25) is 14.5 Å². The minimum Gasteiger partial charge on any atom is -0.381 e. The molecule has 0 spiro atoms. The van der Waals surface area contributed by atoms with Crippen LogP contribution in [-0.4, -0.2) is 89.6 Å². The largest absolute Gasteiger partial charge is 0.381 e. The monoisotopic (exact) mass is 464 g/mol. The standard InChI is InChI=1S/C24H37ClN4O3/c1-16(2)24(3,32)23(31)28-12-9-19(10-13-28)29-11-8-18(15-29)26-17-6-7-20(21(25)14-17)22(30)27(4)5/h6-7,14,16,18-19,26,32H,8-13,15H2,1-5H3/t18?,24-/m1/s1. The number of nitrogens with one attached hydrogen (secondary N) is 1. The van der Waals surface area contributed by atoms with Gasteiger partial charge in [-0.1, -0.05) is 25.4 Å². The second-order valence-corrected chi connectivity index (χ2v) is 10.3. The molecule has 1 unspecified atom stereocenters. The molecule has 2 heterocycles. The lowest BCUT2D eigenvalue weighted by molar-refractivity contribution is -0.155. The van der Waals surface area contributed by atoms with Crippen LogP contribution in [0.5, 0.6) is 0 Å². The van der Waals surface area contributed by atoms with Gasteiger partial charge in [0, 0.05) is 58.0 Å². The highest BCUT2D eigenvalue weighted by atomic mass is 35.5. The number of piperidine rings is 1. The first-order valence-electron chi connectivity index (χ1n) is 11.5. The first kappa shape index (κ1) is 24.8. The molecule has 0 saturated carbocycles. The van der Waals surface area contributed by atoms with Gasteiger partial charge in [0.2, 0.25) is 0 Å². The zero-order valence-electron chi connectivity index (χ0n) is 19.9. The summed E-state index contributed by atoms with van der Waals surface area (Å²) in [5.41, 5.74) is 0.130. The lowest BCUT2D eigenvalue weighted by atomic mass is 9.90. The molecular weight excluding hydrogens is 428 g/mol. The summed E-state index contributed by atoms with van der Waals surface area (Å²) >= 11 is 6.35. The van der Waals surface area contributed by atoms with Crippen molar-refractivity contribution in [3.05, 3.63) is 28.8 Å². The summed E-state index contributed by atoms with van der Waals surface area (Å²) in [5, 5.41) is 14.5. The molecule has 0 bridgehead atoms. The van der Waals surface area contributed by atoms with Crippen molar-refractivity contribution in [2.45, 2.75) is 57.7 Å². The maximum Gasteiger partial charge on any atom is 0.254 e. The highest BCUT2D eigenvalue weighted by Crippen LogP contribution is 2.28. The van der Waals surface area contributed by atoms with Crippen molar-refractivity contribution in [2.75, 3.05) is 45.6 Å². The van der Waals surface area contributed by atoms with E-state index >= 15 is 0 Å². The summed E-state index contributed by atoms with van der Waals surface area (Å²) in [6, 6.07) is 6.29. The topological polar surface area (TPSA) is 76.1 Å². The van der Waals surface area contributed by atoms with E-state index in [1.54, 1.807) is 27.1 Å². The van der Waals surface area contributed by atoms with Crippen LogP contribution in [-0.2, 0) is 4.79 Å². The Balaban J connectivity index is 1.51. The van der Waals surface area contributed by atoms with Crippen LogP contribution in [0.4, 0.5) is 5.69 Å². The Bertz CT molecular complexity index is 835. The fourth-order valence-corrected chi connectivity index (χ4v) is 4.75. The summed E-state index contributed by atoms with van der Waals surface area (Å²) in [4.78, 5) is 30.7. The molecule has 1 aromatic rings. The molecule has 2 atom stereocenters. The normalized spacial score (nSPS) is 22.1. The number of likely N-dealkylation sites (tertiary alicyclic amines) is 2. The molecule has 0 aliphatic carbocycles. The Hall–Kier alpha value is -1.83. The van der Waals surface area contributed by atoms with Crippen molar-refractivity contribution < 1.29 is 14.7 Å². The van der Waals surface area contributed by atoms with Crippen LogP contribution in [0, 0.1) is 5.92 Å². The predicted octanol–water partition coefficient (Wildman–Crippen LogP) is 2.93. The van der Waals surface area contributed by atoms with E-state index in [1.807, 2.05) is 30.9 Å². The summed E-state index contributed by atoms with van der Waals surface area (Å²) in [6.45, 7) is 8.73. The molecule has 2 aliphatic heterocycles.